The van der Waals surface area contributed by atoms with Crippen molar-refractivity contribution in [3.63, 3.8) is 0 Å². The number of amides is 1. The highest BCUT2D eigenvalue weighted by atomic mass is 16.5. The van der Waals surface area contributed by atoms with E-state index >= 15 is 0 Å². The normalized spacial score (nSPS) is 16.3. The number of hydrogen-bond acceptors (Lipinski definition) is 6. The molecule has 5 rings (SSSR count). The van der Waals surface area contributed by atoms with Crippen LogP contribution in [0.4, 0.5) is 5.69 Å². The number of hydrogen-bond donors (Lipinski definition) is 1. The number of anilines is 1. The highest BCUT2D eigenvalue weighted by Crippen LogP contribution is 2.33. The largest absolute Gasteiger partial charge is 0.339 e. The van der Waals surface area contributed by atoms with Crippen molar-refractivity contribution < 1.29 is 9.32 Å². The van der Waals surface area contributed by atoms with Gasteiger partial charge in [-0.05, 0) is 55.3 Å². The van der Waals surface area contributed by atoms with Crippen molar-refractivity contribution in [2.45, 2.75) is 26.2 Å². The summed E-state index contributed by atoms with van der Waals surface area (Å²) in [6.07, 6.45) is 0.293. The molecule has 0 radical (unpaired) electrons. The van der Waals surface area contributed by atoms with E-state index in [0.717, 1.165) is 11.3 Å². The molecule has 162 valence electrons. The summed E-state index contributed by atoms with van der Waals surface area (Å²) in [5, 5.41) is 4.07. The Kier molecular flexibility index (Phi) is 4.54. The molecule has 2 aromatic carbocycles. The molecule has 1 fully saturated rings. The molecule has 1 amide bonds. The molecule has 0 aliphatic carbocycles. The summed E-state index contributed by atoms with van der Waals surface area (Å²) in [6.45, 7) is 4.53. The van der Waals surface area contributed by atoms with E-state index in [1.54, 1.807) is 30.1 Å². The molecule has 32 heavy (non-hydrogen) atoms. The molecule has 2 aromatic heterocycles. The minimum atomic E-state index is -0.693. The van der Waals surface area contributed by atoms with Crippen molar-refractivity contribution in [3.05, 3.63) is 74.1 Å². The van der Waals surface area contributed by atoms with Crippen molar-refractivity contribution in [2.75, 3.05) is 11.4 Å². The molecule has 3 heterocycles. The Balaban J connectivity index is 1.43. The molecule has 1 saturated heterocycles. The number of H-pyrrole nitrogens is 1. The first-order chi connectivity index (χ1) is 15.3. The molecular formula is C23H21N5O4. The number of aryl methyl sites for hydroxylation is 3. The first kappa shape index (κ1) is 19.9. The van der Waals surface area contributed by atoms with Gasteiger partial charge in [-0.2, -0.15) is 4.98 Å². The SMILES string of the molecule is Cc1ccc(N2C[C@H](c3nc(-c4ccc5c(c4)[nH]c(=O)c(=O)n5C)no3)CC2=O)cc1C. The average Bonchev–Trinajstić information content (AvgIpc) is 3.41. The molecule has 1 atom stereocenters. The molecule has 4 aromatic rings. The van der Waals surface area contributed by atoms with Crippen molar-refractivity contribution in [1.29, 1.82) is 0 Å². The summed E-state index contributed by atoms with van der Waals surface area (Å²) in [4.78, 5) is 45.1. The van der Waals surface area contributed by atoms with Crippen LogP contribution in [0.25, 0.3) is 22.4 Å². The van der Waals surface area contributed by atoms with Gasteiger partial charge in [-0.25, -0.2) is 0 Å². The second kappa shape index (κ2) is 7.30. The molecular weight excluding hydrogens is 410 g/mol. The van der Waals surface area contributed by atoms with E-state index in [4.69, 9.17) is 4.52 Å². The first-order valence-corrected chi connectivity index (χ1v) is 10.3. The van der Waals surface area contributed by atoms with Crippen LogP contribution in [0.2, 0.25) is 0 Å². The van der Waals surface area contributed by atoms with Crippen LogP contribution in [0.5, 0.6) is 0 Å². The smallest absolute Gasteiger partial charge is 0.316 e. The Morgan fingerprint density at radius 2 is 1.88 bits per heavy atom. The summed E-state index contributed by atoms with van der Waals surface area (Å²) in [5.74, 6) is 0.566. The summed E-state index contributed by atoms with van der Waals surface area (Å²) in [7, 11) is 1.55. The number of nitrogens with one attached hydrogen (secondary N) is 1. The van der Waals surface area contributed by atoms with Crippen molar-refractivity contribution >= 4 is 22.6 Å². The number of rotatable bonds is 3. The van der Waals surface area contributed by atoms with Crippen molar-refractivity contribution in [1.82, 2.24) is 19.7 Å². The van der Waals surface area contributed by atoms with E-state index in [2.05, 4.69) is 15.1 Å². The maximum Gasteiger partial charge on any atom is 0.316 e. The Labute approximate surface area is 182 Å². The quantitative estimate of drug-likeness (QED) is 0.498. The van der Waals surface area contributed by atoms with Crippen LogP contribution < -0.4 is 16.0 Å². The summed E-state index contributed by atoms with van der Waals surface area (Å²) >= 11 is 0. The molecule has 1 aliphatic rings. The fourth-order valence-corrected chi connectivity index (χ4v) is 4.04. The molecule has 1 N–H and O–H groups in total. The average molecular weight is 431 g/mol. The van der Waals surface area contributed by atoms with Gasteiger partial charge in [0.1, 0.15) is 0 Å². The minimum absolute atomic E-state index is 0.0159. The van der Waals surface area contributed by atoms with Gasteiger partial charge in [0.15, 0.2) is 0 Å². The van der Waals surface area contributed by atoms with E-state index in [-0.39, 0.29) is 11.8 Å². The van der Waals surface area contributed by atoms with Crippen LogP contribution in [0, 0.1) is 13.8 Å². The third kappa shape index (κ3) is 3.22. The number of aromatic amines is 1. The maximum atomic E-state index is 12.6. The number of carbonyl (C=O) groups is 1. The Hall–Kier alpha value is -4.01. The second-order valence-electron chi connectivity index (χ2n) is 8.18. The molecule has 9 heteroatoms. The fourth-order valence-electron chi connectivity index (χ4n) is 4.04. The predicted molar refractivity (Wildman–Crippen MR) is 119 cm³/mol. The van der Waals surface area contributed by atoms with E-state index in [1.807, 2.05) is 32.0 Å². The van der Waals surface area contributed by atoms with Gasteiger partial charge in [0.05, 0.1) is 17.0 Å². The summed E-state index contributed by atoms with van der Waals surface area (Å²) in [5.41, 5.74) is 3.58. The lowest BCUT2D eigenvalue weighted by Gasteiger charge is -2.17. The third-order valence-corrected chi connectivity index (χ3v) is 6.08. The number of aromatic nitrogens is 4. The van der Waals surface area contributed by atoms with Gasteiger partial charge < -0.3 is 19.0 Å². The number of carbonyl (C=O) groups excluding carboxylic acids is 1. The fraction of sp³-hybridized carbons (Fsp3) is 0.261. The zero-order chi connectivity index (χ0) is 22.6. The van der Waals surface area contributed by atoms with E-state index in [9.17, 15) is 14.4 Å². The number of fused-ring (bicyclic) bond motifs is 1. The predicted octanol–water partition coefficient (Wildman–Crippen LogP) is 2.41. The summed E-state index contributed by atoms with van der Waals surface area (Å²) in [6, 6.07) is 11.2. The molecule has 0 unspecified atom stereocenters. The van der Waals surface area contributed by atoms with Crippen molar-refractivity contribution in [2.24, 2.45) is 7.05 Å². The highest BCUT2D eigenvalue weighted by molar-refractivity contribution is 5.96. The van der Waals surface area contributed by atoms with E-state index < -0.39 is 11.1 Å². The van der Waals surface area contributed by atoms with Crippen LogP contribution >= 0.6 is 0 Å². The Morgan fingerprint density at radius 3 is 2.66 bits per heavy atom. The lowest BCUT2D eigenvalue weighted by molar-refractivity contribution is -0.117. The second-order valence-corrected chi connectivity index (χ2v) is 8.18. The maximum absolute atomic E-state index is 12.6. The number of benzene rings is 2. The van der Waals surface area contributed by atoms with E-state index in [1.165, 1.54) is 10.1 Å². The van der Waals surface area contributed by atoms with Crippen molar-refractivity contribution in [3.8, 4) is 11.4 Å². The van der Waals surface area contributed by atoms with Gasteiger partial charge in [0.25, 0.3) is 0 Å². The van der Waals surface area contributed by atoms with Gasteiger partial charge in [0, 0.05) is 31.3 Å². The highest BCUT2D eigenvalue weighted by Gasteiger charge is 2.35. The van der Waals surface area contributed by atoms with Crippen LogP contribution in [0.15, 0.2) is 50.5 Å². The standard InChI is InChI=1S/C23H21N5O4/c1-12-4-6-16(8-13(12)2)28-11-15(10-19(28)29)22-25-20(26-32-22)14-5-7-18-17(9-14)24-21(30)23(31)27(18)3/h4-9,15H,10-11H2,1-3H3,(H,24,30)/t15-/m1/s1. The molecule has 9 nitrogen and oxygen atoms in total. The topological polar surface area (TPSA) is 114 Å². The van der Waals surface area contributed by atoms with Crippen LogP contribution in [0.1, 0.15) is 29.4 Å². The zero-order valence-electron chi connectivity index (χ0n) is 17.9. The van der Waals surface area contributed by atoms with Crippen LogP contribution in [-0.4, -0.2) is 32.1 Å². The van der Waals surface area contributed by atoms with Crippen LogP contribution in [0.3, 0.4) is 0 Å². The van der Waals surface area contributed by atoms with Gasteiger partial charge >= 0.3 is 11.1 Å². The lowest BCUT2D eigenvalue weighted by Crippen LogP contribution is -2.34. The zero-order valence-corrected chi connectivity index (χ0v) is 17.9. The van der Waals surface area contributed by atoms with E-state index in [0.29, 0.717) is 41.3 Å². The minimum Gasteiger partial charge on any atom is -0.339 e. The van der Waals surface area contributed by atoms with Gasteiger partial charge in [-0.1, -0.05) is 11.2 Å². The summed E-state index contributed by atoms with van der Waals surface area (Å²) < 4.78 is 6.79. The molecule has 1 aliphatic heterocycles. The Bertz CT molecular complexity index is 1500. The molecule has 0 bridgehead atoms. The lowest BCUT2D eigenvalue weighted by atomic mass is 10.1. The van der Waals surface area contributed by atoms with Gasteiger partial charge in [-0.15, -0.1) is 0 Å². The molecule has 0 spiro atoms. The molecule has 0 saturated carbocycles. The third-order valence-electron chi connectivity index (χ3n) is 6.08. The van der Waals surface area contributed by atoms with Gasteiger partial charge in [0.2, 0.25) is 17.6 Å². The van der Waals surface area contributed by atoms with Crippen LogP contribution in [-0.2, 0) is 11.8 Å². The monoisotopic (exact) mass is 431 g/mol. The first-order valence-electron chi connectivity index (χ1n) is 10.3. The number of nitrogens with zero attached hydrogens (tertiary/aromatic N) is 4. The van der Waals surface area contributed by atoms with Gasteiger partial charge in [-0.3, -0.25) is 14.4 Å². The Morgan fingerprint density at radius 1 is 1.06 bits per heavy atom.